The zero-order chi connectivity index (χ0) is 24.3. The molecule has 0 N–H and O–H groups in total. The molecule has 1 aromatic carbocycles. The molecule has 176 valence electrons. The van der Waals surface area contributed by atoms with E-state index in [2.05, 4.69) is 20.2 Å². The molecule has 0 radical (unpaired) electrons. The number of imidazole rings is 1. The molecule has 3 aromatic heterocycles. The zero-order valence-electron chi connectivity index (χ0n) is 18.1. The van der Waals surface area contributed by atoms with E-state index in [4.69, 9.17) is 4.98 Å². The Morgan fingerprint density at radius 1 is 1.09 bits per heavy atom. The minimum atomic E-state index is -4.70. The summed E-state index contributed by atoms with van der Waals surface area (Å²) in [6, 6.07) is 2.17. The number of alkyl halides is 3. The van der Waals surface area contributed by atoms with Gasteiger partial charge in [0.2, 0.25) is 5.95 Å². The standard InChI is InChI=1S/C23H16F4N8/c1-2-17-21-32-30-12-34(21)18-11-29-22(31-20(18)35(17)16-4-3-5-16)33-7-6-28-19(33)13-8-14(23(25,26)27)10-15(24)9-13/h3-12,17H,2H2,1H3/t17-/m1/s1. The summed E-state index contributed by atoms with van der Waals surface area (Å²) in [7, 11) is 0. The van der Waals surface area contributed by atoms with Crippen molar-refractivity contribution in [3.63, 3.8) is 0 Å². The Balaban J connectivity index is 1.50. The van der Waals surface area contributed by atoms with Crippen LogP contribution < -0.4 is 4.90 Å². The highest BCUT2D eigenvalue weighted by Gasteiger charge is 2.36. The molecule has 0 spiro atoms. The van der Waals surface area contributed by atoms with E-state index in [0.717, 1.165) is 30.1 Å². The highest BCUT2D eigenvalue weighted by molar-refractivity contribution is 5.69. The highest BCUT2D eigenvalue weighted by atomic mass is 19.4. The van der Waals surface area contributed by atoms with Gasteiger partial charge in [0.1, 0.15) is 23.7 Å². The van der Waals surface area contributed by atoms with Crippen LogP contribution in [0.1, 0.15) is 30.8 Å². The minimum absolute atomic E-state index is 0.0438. The quantitative estimate of drug-likeness (QED) is 0.391. The van der Waals surface area contributed by atoms with Crippen molar-refractivity contribution in [3.05, 3.63) is 84.2 Å². The molecule has 4 aromatic rings. The topological polar surface area (TPSA) is 77.5 Å². The second kappa shape index (κ2) is 7.58. The molecule has 35 heavy (non-hydrogen) atoms. The first-order valence-corrected chi connectivity index (χ1v) is 10.7. The van der Waals surface area contributed by atoms with Crippen LogP contribution >= 0.6 is 0 Å². The van der Waals surface area contributed by atoms with Crippen molar-refractivity contribution in [1.82, 2.24) is 34.3 Å². The third kappa shape index (κ3) is 3.32. The van der Waals surface area contributed by atoms with Gasteiger partial charge in [0.15, 0.2) is 11.6 Å². The lowest BCUT2D eigenvalue weighted by molar-refractivity contribution is -0.137. The van der Waals surface area contributed by atoms with Gasteiger partial charge in [-0.2, -0.15) is 18.2 Å². The number of fused-ring (bicyclic) bond motifs is 3. The molecular weight excluding hydrogens is 464 g/mol. The van der Waals surface area contributed by atoms with Gasteiger partial charge >= 0.3 is 6.18 Å². The van der Waals surface area contributed by atoms with Crippen molar-refractivity contribution in [3.8, 4) is 23.0 Å². The van der Waals surface area contributed by atoms with E-state index in [-0.39, 0.29) is 23.4 Å². The molecule has 4 heterocycles. The Kier molecular flexibility index (Phi) is 4.59. The number of hydrogen-bond acceptors (Lipinski definition) is 6. The van der Waals surface area contributed by atoms with E-state index >= 15 is 0 Å². The molecule has 0 unspecified atom stereocenters. The van der Waals surface area contributed by atoms with E-state index in [1.54, 1.807) is 12.5 Å². The molecule has 6 rings (SSSR count). The molecule has 1 aliphatic carbocycles. The highest BCUT2D eigenvalue weighted by Crippen LogP contribution is 2.42. The van der Waals surface area contributed by atoms with Crippen LogP contribution in [0.2, 0.25) is 0 Å². The average Bonchev–Trinajstić information content (AvgIpc) is 3.47. The lowest BCUT2D eigenvalue weighted by Gasteiger charge is -2.38. The maximum Gasteiger partial charge on any atom is 0.416 e. The molecule has 1 aliphatic heterocycles. The van der Waals surface area contributed by atoms with Crippen LogP contribution in [0.25, 0.3) is 23.0 Å². The number of halogens is 4. The first-order valence-electron chi connectivity index (χ1n) is 10.7. The van der Waals surface area contributed by atoms with Gasteiger partial charge in [-0.05, 0) is 36.8 Å². The van der Waals surface area contributed by atoms with Crippen LogP contribution in [0.15, 0.2) is 67.0 Å². The summed E-state index contributed by atoms with van der Waals surface area (Å²) in [5, 5.41) is 8.33. The third-order valence-electron chi connectivity index (χ3n) is 5.95. The van der Waals surface area contributed by atoms with Crippen LogP contribution in [-0.4, -0.2) is 34.3 Å². The monoisotopic (exact) mass is 480 g/mol. The smallest absolute Gasteiger partial charge is 0.314 e. The first kappa shape index (κ1) is 21.2. The van der Waals surface area contributed by atoms with Crippen LogP contribution in [0, 0.1) is 5.82 Å². The fraction of sp³-hybridized carbons (Fsp3) is 0.174. The predicted molar refractivity (Wildman–Crippen MR) is 117 cm³/mol. The van der Waals surface area contributed by atoms with Gasteiger partial charge in [-0.3, -0.25) is 9.13 Å². The Bertz CT molecular complexity index is 1510. The Morgan fingerprint density at radius 3 is 2.63 bits per heavy atom. The Labute approximate surface area is 195 Å². The van der Waals surface area contributed by atoms with Crippen LogP contribution in [0.4, 0.5) is 23.4 Å². The lowest BCUT2D eigenvalue weighted by Crippen LogP contribution is -2.35. The number of hydrogen-bond donors (Lipinski definition) is 0. The number of benzene rings is 1. The van der Waals surface area contributed by atoms with E-state index in [9.17, 15) is 17.6 Å². The van der Waals surface area contributed by atoms with E-state index in [1.165, 1.54) is 17.0 Å². The molecule has 0 saturated carbocycles. The van der Waals surface area contributed by atoms with E-state index in [0.29, 0.717) is 17.6 Å². The SMILES string of the molecule is CC[C@@H]1c2nncn2-c2cnc(-n3ccnc3-c3cc(F)cc(C(F)(F)F)c3)nc2N1C1=CC=C1. The van der Waals surface area contributed by atoms with Crippen molar-refractivity contribution >= 4 is 5.82 Å². The van der Waals surface area contributed by atoms with E-state index in [1.807, 2.05) is 34.6 Å². The molecule has 12 heteroatoms. The van der Waals surface area contributed by atoms with Crippen molar-refractivity contribution < 1.29 is 17.6 Å². The van der Waals surface area contributed by atoms with E-state index < -0.39 is 17.6 Å². The van der Waals surface area contributed by atoms with Gasteiger partial charge in [0.25, 0.3) is 0 Å². The van der Waals surface area contributed by atoms with Crippen molar-refractivity contribution in [2.75, 3.05) is 4.90 Å². The van der Waals surface area contributed by atoms with Crippen molar-refractivity contribution in [2.45, 2.75) is 25.6 Å². The van der Waals surface area contributed by atoms with Gasteiger partial charge < -0.3 is 4.90 Å². The average molecular weight is 480 g/mol. The minimum Gasteiger partial charge on any atom is -0.314 e. The predicted octanol–water partition coefficient (Wildman–Crippen LogP) is 4.79. The normalized spacial score (nSPS) is 16.5. The lowest BCUT2D eigenvalue weighted by atomic mass is 10.1. The summed E-state index contributed by atoms with van der Waals surface area (Å²) in [4.78, 5) is 15.4. The molecule has 8 nitrogen and oxygen atoms in total. The largest absolute Gasteiger partial charge is 0.416 e. The second-order valence-corrected chi connectivity index (χ2v) is 8.03. The van der Waals surface area contributed by atoms with Crippen molar-refractivity contribution in [2.24, 2.45) is 0 Å². The van der Waals surface area contributed by atoms with Gasteiger partial charge in [0.05, 0.1) is 17.8 Å². The number of aromatic nitrogens is 7. The van der Waals surface area contributed by atoms with Gasteiger partial charge in [-0.15, -0.1) is 10.2 Å². The maximum absolute atomic E-state index is 14.1. The van der Waals surface area contributed by atoms with Crippen LogP contribution in [0.5, 0.6) is 0 Å². The molecule has 2 aliphatic rings. The fourth-order valence-electron chi connectivity index (χ4n) is 4.31. The second-order valence-electron chi connectivity index (χ2n) is 8.03. The van der Waals surface area contributed by atoms with Crippen LogP contribution in [0.3, 0.4) is 0 Å². The first-order chi connectivity index (χ1) is 16.8. The summed E-state index contributed by atoms with van der Waals surface area (Å²) < 4.78 is 57.2. The number of anilines is 1. The summed E-state index contributed by atoms with van der Waals surface area (Å²) in [6.45, 7) is 2.03. The molecule has 0 saturated heterocycles. The fourth-order valence-corrected chi connectivity index (χ4v) is 4.31. The third-order valence-corrected chi connectivity index (χ3v) is 5.95. The van der Waals surface area contributed by atoms with Gasteiger partial charge in [-0.1, -0.05) is 13.0 Å². The zero-order valence-corrected chi connectivity index (χ0v) is 18.1. The molecule has 0 bridgehead atoms. The number of allylic oxidation sites excluding steroid dienone is 3. The Hall–Kier alpha value is -4.35. The van der Waals surface area contributed by atoms with Gasteiger partial charge in [-0.25, -0.2) is 14.4 Å². The summed E-state index contributed by atoms with van der Waals surface area (Å²) in [5.41, 5.74) is 0.445. The molecule has 0 fully saturated rings. The summed E-state index contributed by atoms with van der Waals surface area (Å²) >= 11 is 0. The summed E-state index contributed by atoms with van der Waals surface area (Å²) in [6.07, 6.45) is 7.96. The van der Waals surface area contributed by atoms with Gasteiger partial charge in [0, 0.05) is 23.7 Å². The number of nitrogens with zero attached hydrogens (tertiary/aromatic N) is 8. The van der Waals surface area contributed by atoms with Crippen LogP contribution in [-0.2, 0) is 6.18 Å². The Morgan fingerprint density at radius 2 is 1.91 bits per heavy atom. The number of rotatable bonds is 4. The maximum atomic E-state index is 14.1. The summed E-state index contributed by atoms with van der Waals surface area (Å²) in [5.74, 6) is 0.572. The molecule has 0 amide bonds. The molecule has 1 atom stereocenters. The van der Waals surface area contributed by atoms with Crippen molar-refractivity contribution in [1.29, 1.82) is 0 Å². The molecular formula is C23H16F4N8.